The lowest BCUT2D eigenvalue weighted by atomic mass is 9.91. The van der Waals surface area contributed by atoms with Gasteiger partial charge in [0.2, 0.25) is 5.91 Å². The number of amides is 3. The Hall–Kier alpha value is -3.04. The maximum absolute atomic E-state index is 14.9. The Balaban J connectivity index is 1.40. The van der Waals surface area contributed by atoms with Crippen molar-refractivity contribution in [2.24, 2.45) is 0 Å². The molecule has 3 amide bonds. The molecule has 1 aromatic carbocycles. The number of nitrogens with one attached hydrogen (secondary N) is 1. The highest BCUT2D eigenvalue weighted by atomic mass is 19.1. The Morgan fingerprint density at radius 1 is 1.27 bits per heavy atom. The molecule has 9 nitrogen and oxygen atoms in total. The summed E-state index contributed by atoms with van der Waals surface area (Å²) >= 11 is 0. The zero-order chi connectivity index (χ0) is 21.5. The van der Waals surface area contributed by atoms with Gasteiger partial charge in [-0.3, -0.25) is 9.69 Å². The van der Waals surface area contributed by atoms with Gasteiger partial charge in [0.1, 0.15) is 17.5 Å². The van der Waals surface area contributed by atoms with Gasteiger partial charge in [-0.15, -0.1) is 0 Å². The van der Waals surface area contributed by atoms with Crippen LogP contribution in [0.15, 0.2) is 18.2 Å². The molecule has 1 atom stereocenters. The first-order chi connectivity index (χ1) is 14.3. The molecule has 1 aromatic rings. The molecule has 0 bridgehead atoms. The van der Waals surface area contributed by atoms with E-state index in [9.17, 15) is 18.8 Å². The molecular formula is C20H25FN4O5. The molecule has 162 valence electrons. The van der Waals surface area contributed by atoms with Crippen LogP contribution in [-0.4, -0.2) is 74.5 Å². The van der Waals surface area contributed by atoms with E-state index >= 15 is 0 Å². The van der Waals surface area contributed by atoms with E-state index in [4.69, 9.17) is 9.47 Å². The smallest absolute Gasteiger partial charge is 0.414 e. The average molecular weight is 420 g/mol. The molecule has 1 spiro atoms. The highest BCUT2D eigenvalue weighted by Crippen LogP contribution is 2.36. The van der Waals surface area contributed by atoms with Crippen molar-refractivity contribution in [3.05, 3.63) is 24.0 Å². The van der Waals surface area contributed by atoms with E-state index < -0.39 is 23.6 Å². The Bertz CT molecular complexity index is 871. The number of benzene rings is 1. The third kappa shape index (κ3) is 3.86. The predicted molar refractivity (Wildman–Crippen MR) is 106 cm³/mol. The SMILES string of the molecule is CC(=O)NC[C@H]1CN(c2ccc(N3CCC4(CC3)CN(C)C(=O)O4)c(F)c2)C(=O)O1. The molecule has 0 saturated carbocycles. The van der Waals surface area contributed by atoms with E-state index in [0.29, 0.717) is 43.9 Å². The zero-order valence-electron chi connectivity index (χ0n) is 17.0. The average Bonchev–Trinajstić information content (AvgIpc) is 3.20. The number of anilines is 2. The number of carbonyl (C=O) groups is 3. The summed E-state index contributed by atoms with van der Waals surface area (Å²) in [6, 6.07) is 4.67. The number of hydrogen-bond acceptors (Lipinski definition) is 6. The van der Waals surface area contributed by atoms with Crippen LogP contribution in [0.2, 0.25) is 0 Å². The second-order valence-electron chi connectivity index (χ2n) is 8.08. The van der Waals surface area contributed by atoms with Crippen LogP contribution in [0.5, 0.6) is 0 Å². The lowest BCUT2D eigenvalue weighted by molar-refractivity contribution is -0.119. The van der Waals surface area contributed by atoms with Crippen LogP contribution in [0.4, 0.5) is 25.4 Å². The lowest BCUT2D eigenvalue weighted by Gasteiger charge is -2.38. The molecule has 1 N–H and O–H groups in total. The van der Waals surface area contributed by atoms with Crippen molar-refractivity contribution >= 4 is 29.5 Å². The van der Waals surface area contributed by atoms with Crippen molar-refractivity contribution < 1.29 is 28.2 Å². The molecular weight excluding hydrogens is 395 g/mol. The van der Waals surface area contributed by atoms with Gasteiger partial charge in [-0.1, -0.05) is 0 Å². The van der Waals surface area contributed by atoms with Gasteiger partial charge in [-0.05, 0) is 18.2 Å². The Morgan fingerprint density at radius 2 is 2.00 bits per heavy atom. The molecule has 30 heavy (non-hydrogen) atoms. The number of rotatable bonds is 4. The third-order valence-corrected chi connectivity index (χ3v) is 5.85. The lowest BCUT2D eigenvalue weighted by Crippen LogP contribution is -2.47. The van der Waals surface area contributed by atoms with Gasteiger partial charge in [0.05, 0.1) is 31.0 Å². The van der Waals surface area contributed by atoms with Crippen LogP contribution in [0, 0.1) is 5.82 Å². The minimum Gasteiger partial charge on any atom is -0.442 e. The summed E-state index contributed by atoms with van der Waals surface area (Å²) in [5, 5.41) is 2.61. The maximum atomic E-state index is 14.9. The van der Waals surface area contributed by atoms with Crippen molar-refractivity contribution in [3.63, 3.8) is 0 Å². The number of halogens is 1. The molecule has 3 saturated heterocycles. The van der Waals surface area contributed by atoms with Gasteiger partial charge < -0.3 is 24.6 Å². The number of carbonyl (C=O) groups excluding carboxylic acids is 3. The Morgan fingerprint density at radius 3 is 2.60 bits per heavy atom. The summed E-state index contributed by atoms with van der Waals surface area (Å²) < 4.78 is 25.7. The van der Waals surface area contributed by atoms with Crippen LogP contribution in [0.1, 0.15) is 19.8 Å². The first kappa shape index (κ1) is 20.2. The minimum atomic E-state index is -0.565. The van der Waals surface area contributed by atoms with Gasteiger partial charge in [0, 0.05) is 39.9 Å². The Kier molecular flexibility index (Phi) is 5.17. The summed E-state index contributed by atoms with van der Waals surface area (Å²) in [5.41, 5.74) is 0.376. The predicted octanol–water partition coefficient (Wildman–Crippen LogP) is 1.71. The standard InChI is InChI=1S/C20H25FN4O5/c1-13(26)22-10-15-11-25(19(28)29-15)14-3-4-17(16(21)9-14)24-7-5-20(6-8-24)12-23(2)18(27)30-20/h3-4,9,15H,5-8,10-12H2,1-2H3,(H,22,26)/t15-/m0/s1. The van der Waals surface area contributed by atoms with Crippen molar-refractivity contribution in [1.29, 1.82) is 0 Å². The van der Waals surface area contributed by atoms with Crippen molar-refractivity contribution in [2.45, 2.75) is 31.5 Å². The molecule has 3 fully saturated rings. The fraction of sp³-hybridized carbons (Fsp3) is 0.550. The molecule has 0 aliphatic carbocycles. The number of piperidine rings is 1. The summed E-state index contributed by atoms with van der Waals surface area (Å²) in [5.74, 6) is -0.635. The van der Waals surface area contributed by atoms with Crippen LogP contribution in [0.3, 0.4) is 0 Å². The zero-order valence-corrected chi connectivity index (χ0v) is 17.0. The molecule has 3 aliphatic heterocycles. The molecule has 0 aromatic heterocycles. The van der Waals surface area contributed by atoms with E-state index in [1.165, 1.54) is 17.9 Å². The fourth-order valence-electron chi connectivity index (χ4n) is 4.22. The monoisotopic (exact) mass is 420 g/mol. The summed E-state index contributed by atoms with van der Waals surface area (Å²) in [7, 11) is 1.71. The van der Waals surface area contributed by atoms with Gasteiger partial charge in [-0.25, -0.2) is 14.0 Å². The van der Waals surface area contributed by atoms with Crippen molar-refractivity contribution in [3.8, 4) is 0 Å². The number of ether oxygens (including phenoxy) is 2. The summed E-state index contributed by atoms with van der Waals surface area (Å²) in [6.45, 7) is 3.54. The quantitative estimate of drug-likeness (QED) is 0.798. The molecule has 3 heterocycles. The Labute approximate surface area is 173 Å². The van der Waals surface area contributed by atoms with Crippen molar-refractivity contribution in [2.75, 3.05) is 49.6 Å². The van der Waals surface area contributed by atoms with E-state index in [-0.39, 0.29) is 25.1 Å². The van der Waals surface area contributed by atoms with Crippen LogP contribution >= 0.6 is 0 Å². The minimum absolute atomic E-state index is 0.206. The van der Waals surface area contributed by atoms with Crippen molar-refractivity contribution in [1.82, 2.24) is 10.2 Å². The van der Waals surface area contributed by atoms with Gasteiger partial charge in [0.15, 0.2) is 0 Å². The highest BCUT2D eigenvalue weighted by Gasteiger charge is 2.46. The normalized spacial score (nSPS) is 23.0. The van der Waals surface area contributed by atoms with E-state index in [1.807, 2.05) is 4.90 Å². The van der Waals surface area contributed by atoms with Crippen LogP contribution < -0.4 is 15.1 Å². The molecule has 0 radical (unpaired) electrons. The third-order valence-electron chi connectivity index (χ3n) is 5.85. The molecule has 10 heteroatoms. The number of nitrogens with zero attached hydrogens (tertiary/aromatic N) is 3. The molecule has 0 unspecified atom stereocenters. The number of likely N-dealkylation sites (N-methyl/N-ethyl adjacent to an activating group) is 1. The summed E-state index contributed by atoms with van der Waals surface area (Å²) in [6.07, 6.45) is -0.0891. The van der Waals surface area contributed by atoms with Crippen LogP contribution in [0.25, 0.3) is 0 Å². The first-order valence-corrected chi connectivity index (χ1v) is 9.97. The highest BCUT2D eigenvalue weighted by molar-refractivity contribution is 5.90. The van der Waals surface area contributed by atoms with E-state index in [1.54, 1.807) is 24.1 Å². The maximum Gasteiger partial charge on any atom is 0.414 e. The van der Waals surface area contributed by atoms with Gasteiger partial charge in [-0.2, -0.15) is 0 Å². The van der Waals surface area contributed by atoms with Gasteiger partial charge in [0.25, 0.3) is 0 Å². The first-order valence-electron chi connectivity index (χ1n) is 9.97. The fourth-order valence-corrected chi connectivity index (χ4v) is 4.22. The largest absolute Gasteiger partial charge is 0.442 e. The number of hydrogen-bond donors (Lipinski definition) is 1. The summed E-state index contributed by atoms with van der Waals surface area (Å²) in [4.78, 5) is 39.7. The van der Waals surface area contributed by atoms with Crippen LogP contribution in [-0.2, 0) is 14.3 Å². The molecule has 3 aliphatic rings. The second kappa shape index (κ2) is 7.66. The van der Waals surface area contributed by atoms with Gasteiger partial charge >= 0.3 is 12.2 Å². The van der Waals surface area contributed by atoms with E-state index in [0.717, 1.165) is 0 Å². The van der Waals surface area contributed by atoms with E-state index in [2.05, 4.69) is 5.32 Å². The number of cyclic esters (lactones) is 1. The molecule has 4 rings (SSSR count). The topological polar surface area (TPSA) is 91.4 Å². The second-order valence-corrected chi connectivity index (χ2v) is 8.08.